The topological polar surface area (TPSA) is 80.5 Å². The largest absolute Gasteiger partial charge is 0.398 e. The van der Waals surface area contributed by atoms with E-state index in [-0.39, 0.29) is 4.90 Å². The van der Waals surface area contributed by atoms with Crippen LogP contribution in [0.2, 0.25) is 0 Å². The van der Waals surface area contributed by atoms with E-state index >= 15 is 0 Å². The molecule has 0 aromatic heterocycles. The van der Waals surface area contributed by atoms with Crippen LogP contribution in [-0.4, -0.2) is 41.5 Å². The molecule has 0 radical (unpaired) electrons. The molecule has 1 fully saturated rings. The van der Waals surface area contributed by atoms with Gasteiger partial charge in [-0.2, -0.15) is 4.31 Å². The standard InChI is InChI=1S/C10H13BrN2O3S2/c11-9-2-1-8(7-10(9)12)18(15,16)13-3-5-17(14)6-4-13/h1-2,7H,3-6,12H2. The zero-order valence-corrected chi connectivity index (χ0v) is 12.7. The van der Waals surface area contributed by atoms with Gasteiger partial charge in [-0.15, -0.1) is 0 Å². The Labute approximate surface area is 117 Å². The van der Waals surface area contributed by atoms with Crippen molar-refractivity contribution in [1.29, 1.82) is 0 Å². The molecule has 0 unspecified atom stereocenters. The number of hydrogen-bond donors (Lipinski definition) is 1. The third kappa shape index (κ3) is 2.76. The van der Waals surface area contributed by atoms with Gasteiger partial charge < -0.3 is 5.73 Å². The van der Waals surface area contributed by atoms with Gasteiger partial charge in [-0.1, -0.05) is 0 Å². The molecule has 2 N–H and O–H groups in total. The molecule has 1 aliphatic heterocycles. The summed E-state index contributed by atoms with van der Waals surface area (Å²) in [6.45, 7) is 0.593. The first kappa shape index (κ1) is 14.0. The van der Waals surface area contributed by atoms with Gasteiger partial charge in [0.25, 0.3) is 0 Å². The summed E-state index contributed by atoms with van der Waals surface area (Å²) in [4.78, 5) is 0.177. The van der Waals surface area contributed by atoms with Crippen LogP contribution in [0.3, 0.4) is 0 Å². The van der Waals surface area contributed by atoms with Crippen LogP contribution in [0, 0.1) is 0 Å². The number of sulfonamides is 1. The second-order valence-corrected chi connectivity index (χ2v) is 8.42. The van der Waals surface area contributed by atoms with E-state index in [0.29, 0.717) is 34.8 Å². The average molecular weight is 353 g/mol. The molecule has 2 rings (SSSR count). The Hall–Kier alpha value is -0.440. The molecule has 1 saturated heterocycles. The molecule has 0 atom stereocenters. The molecular weight excluding hydrogens is 340 g/mol. The Bertz CT molecular complexity index is 579. The highest BCUT2D eigenvalue weighted by molar-refractivity contribution is 9.10. The lowest BCUT2D eigenvalue weighted by atomic mass is 10.3. The predicted octanol–water partition coefficient (Wildman–Crippen LogP) is 0.784. The predicted molar refractivity (Wildman–Crippen MR) is 75.2 cm³/mol. The van der Waals surface area contributed by atoms with Crippen LogP contribution in [-0.2, 0) is 20.8 Å². The first-order valence-electron chi connectivity index (χ1n) is 5.31. The molecule has 1 aliphatic rings. The number of rotatable bonds is 2. The first-order valence-corrected chi connectivity index (χ1v) is 9.03. The van der Waals surface area contributed by atoms with Crippen LogP contribution >= 0.6 is 15.9 Å². The van der Waals surface area contributed by atoms with Gasteiger partial charge in [0, 0.05) is 45.6 Å². The zero-order chi connectivity index (χ0) is 13.3. The summed E-state index contributed by atoms with van der Waals surface area (Å²) in [6.07, 6.45) is 0. The summed E-state index contributed by atoms with van der Waals surface area (Å²) in [5.74, 6) is 0.788. The molecule has 8 heteroatoms. The number of benzene rings is 1. The van der Waals surface area contributed by atoms with Crippen LogP contribution in [0.5, 0.6) is 0 Å². The highest BCUT2D eigenvalue weighted by Gasteiger charge is 2.28. The lowest BCUT2D eigenvalue weighted by Crippen LogP contribution is -2.41. The van der Waals surface area contributed by atoms with E-state index in [1.165, 1.54) is 16.4 Å². The minimum atomic E-state index is -3.53. The molecule has 0 bridgehead atoms. The number of nitrogen functional groups attached to an aromatic ring is 1. The van der Waals surface area contributed by atoms with Gasteiger partial charge >= 0.3 is 0 Å². The fourth-order valence-corrected chi connectivity index (χ4v) is 4.70. The Kier molecular flexibility index (Phi) is 4.10. The second kappa shape index (κ2) is 5.28. The molecular formula is C10H13BrN2O3S2. The van der Waals surface area contributed by atoms with Gasteiger partial charge in [-0.3, -0.25) is 4.21 Å². The van der Waals surface area contributed by atoms with Gasteiger partial charge in [0.2, 0.25) is 10.0 Å². The van der Waals surface area contributed by atoms with E-state index in [1.807, 2.05) is 0 Å². The molecule has 18 heavy (non-hydrogen) atoms. The van der Waals surface area contributed by atoms with E-state index in [1.54, 1.807) is 6.07 Å². The van der Waals surface area contributed by atoms with Crippen LogP contribution < -0.4 is 5.73 Å². The number of nitrogens with two attached hydrogens (primary N) is 1. The molecule has 0 aliphatic carbocycles. The normalized spacial score (nSPS) is 18.9. The quantitative estimate of drug-likeness (QED) is 0.797. The van der Waals surface area contributed by atoms with Crippen LogP contribution in [0.1, 0.15) is 0 Å². The molecule has 5 nitrogen and oxygen atoms in total. The number of anilines is 1. The lowest BCUT2D eigenvalue weighted by molar-refractivity contribution is 0.439. The molecule has 1 heterocycles. The maximum Gasteiger partial charge on any atom is 0.243 e. The maximum atomic E-state index is 12.3. The highest BCUT2D eigenvalue weighted by atomic mass is 79.9. The Morgan fingerprint density at radius 3 is 2.44 bits per heavy atom. The van der Waals surface area contributed by atoms with E-state index in [4.69, 9.17) is 5.73 Å². The highest BCUT2D eigenvalue weighted by Crippen LogP contribution is 2.25. The van der Waals surface area contributed by atoms with Gasteiger partial charge in [-0.25, -0.2) is 8.42 Å². The fraction of sp³-hybridized carbons (Fsp3) is 0.400. The lowest BCUT2D eigenvalue weighted by Gasteiger charge is -2.25. The summed E-state index contributed by atoms with van der Waals surface area (Å²) in [7, 11) is -4.43. The van der Waals surface area contributed by atoms with Crippen molar-refractivity contribution >= 4 is 42.4 Å². The monoisotopic (exact) mass is 352 g/mol. The number of nitrogens with zero attached hydrogens (tertiary/aromatic N) is 1. The Balaban J connectivity index is 2.30. The van der Waals surface area contributed by atoms with E-state index in [2.05, 4.69) is 15.9 Å². The third-order valence-corrected chi connectivity index (χ3v) is 6.63. The van der Waals surface area contributed by atoms with Gasteiger partial charge in [0.1, 0.15) is 0 Å². The molecule has 1 aromatic carbocycles. The Morgan fingerprint density at radius 2 is 1.89 bits per heavy atom. The van der Waals surface area contributed by atoms with Crippen LogP contribution in [0.25, 0.3) is 0 Å². The molecule has 100 valence electrons. The number of halogens is 1. The zero-order valence-electron chi connectivity index (χ0n) is 9.50. The summed E-state index contributed by atoms with van der Waals surface area (Å²) in [5, 5.41) is 0. The summed E-state index contributed by atoms with van der Waals surface area (Å²) in [6, 6.07) is 4.57. The summed E-state index contributed by atoms with van der Waals surface area (Å²) in [5.41, 5.74) is 6.08. The van der Waals surface area contributed by atoms with Crippen molar-refractivity contribution < 1.29 is 12.6 Å². The molecule has 0 saturated carbocycles. The smallest absolute Gasteiger partial charge is 0.243 e. The minimum absolute atomic E-state index is 0.177. The van der Waals surface area contributed by atoms with Crippen molar-refractivity contribution in [2.24, 2.45) is 0 Å². The van der Waals surface area contributed by atoms with Gasteiger partial charge in [0.05, 0.1) is 4.90 Å². The SMILES string of the molecule is Nc1cc(S(=O)(=O)N2CCS(=O)CC2)ccc1Br. The Morgan fingerprint density at radius 1 is 1.28 bits per heavy atom. The molecule has 0 spiro atoms. The first-order chi connectivity index (χ1) is 8.41. The van der Waals surface area contributed by atoms with Crippen molar-refractivity contribution in [3.63, 3.8) is 0 Å². The van der Waals surface area contributed by atoms with E-state index < -0.39 is 20.8 Å². The van der Waals surface area contributed by atoms with Crippen molar-refractivity contribution in [3.05, 3.63) is 22.7 Å². The minimum Gasteiger partial charge on any atom is -0.398 e. The molecule has 0 amide bonds. The van der Waals surface area contributed by atoms with Crippen molar-refractivity contribution in [2.75, 3.05) is 30.3 Å². The fourth-order valence-electron chi connectivity index (χ4n) is 1.69. The van der Waals surface area contributed by atoms with E-state index in [9.17, 15) is 12.6 Å². The third-order valence-electron chi connectivity index (χ3n) is 2.74. The van der Waals surface area contributed by atoms with Crippen LogP contribution in [0.15, 0.2) is 27.6 Å². The van der Waals surface area contributed by atoms with Crippen molar-refractivity contribution in [1.82, 2.24) is 4.31 Å². The second-order valence-electron chi connectivity index (χ2n) is 3.94. The van der Waals surface area contributed by atoms with Gasteiger partial charge in [-0.05, 0) is 34.1 Å². The van der Waals surface area contributed by atoms with E-state index in [0.717, 1.165) is 0 Å². The summed E-state index contributed by atoms with van der Waals surface area (Å²) < 4.78 is 37.9. The van der Waals surface area contributed by atoms with Crippen molar-refractivity contribution in [3.8, 4) is 0 Å². The van der Waals surface area contributed by atoms with Crippen LogP contribution in [0.4, 0.5) is 5.69 Å². The number of hydrogen-bond acceptors (Lipinski definition) is 4. The average Bonchev–Trinajstić information content (AvgIpc) is 2.33. The molecule has 1 aromatic rings. The summed E-state index contributed by atoms with van der Waals surface area (Å²) >= 11 is 3.23. The van der Waals surface area contributed by atoms with Crippen molar-refractivity contribution in [2.45, 2.75) is 4.90 Å². The maximum absolute atomic E-state index is 12.3. The van der Waals surface area contributed by atoms with Gasteiger partial charge in [0.15, 0.2) is 0 Å².